The van der Waals surface area contributed by atoms with Gasteiger partial charge in [0.15, 0.2) is 28.8 Å². The number of pyridine rings is 1. The zero-order chi connectivity index (χ0) is 29.1. The van der Waals surface area contributed by atoms with Crippen LogP contribution in [0.15, 0.2) is 55.0 Å². The van der Waals surface area contributed by atoms with E-state index in [0.717, 1.165) is 19.0 Å². The van der Waals surface area contributed by atoms with Crippen LogP contribution in [-0.2, 0) is 11.0 Å². The Labute approximate surface area is 231 Å². The molecular formula is C27H23F3N8O3. The number of amides is 2. The fourth-order valence-corrected chi connectivity index (χ4v) is 4.05. The van der Waals surface area contributed by atoms with Crippen molar-refractivity contribution in [2.45, 2.75) is 19.0 Å². The maximum absolute atomic E-state index is 13.4. The second kappa shape index (κ2) is 11.2. The fraction of sp³-hybridized carbons (Fsp3) is 0.222. The third-order valence-electron chi connectivity index (χ3n) is 6.20. The zero-order valence-electron chi connectivity index (χ0n) is 21.8. The number of carbonyl (C=O) groups is 2. The zero-order valence-corrected chi connectivity index (χ0v) is 21.8. The Kier molecular flexibility index (Phi) is 7.46. The molecule has 4 aromatic rings. The number of alkyl halides is 3. The van der Waals surface area contributed by atoms with Crippen molar-refractivity contribution in [2.24, 2.45) is 5.92 Å². The van der Waals surface area contributed by atoms with Gasteiger partial charge in [-0.05, 0) is 31.0 Å². The van der Waals surface area contributed by atoms with Gasteiger partial charge in [0.2, 0.25) is 5.91 Å². The van der Waals surface area contributed by atoms with E-state index in [4.69, 9.17) is 4.74 Å². The van der Waals surface area contributed by atoms with E-state index >= 15 is 0 Å². The maximum atomic E-state index is 13.4. The summed E-state index contributed by atoms with van der Waals surface area (Å²) < 4.78 is 46.0. The molecule has 1 aliphatic carbocycles. The molecule has 0 atom stereocenters. The predicted molar refractivity (Wildman–Crippen MR) is 142 cm³/mol. The summed E-state index contributed by atoms with van der Waals surface area (Å²) in [4.78, 5) is 36.8. The number of aromatic nitrogens is 5. The lowest BCUT2D eigenvalue weighted by molar-refractivity contribution is -0.140. The molecule has 1 aromatic carbocycles. The van der Waals surface area contributed by atoms with Crippen LogP contribution in [0.4, 0.5) is 30.4 Å². The van der Waals surface area contributed by atoms with Crippen LogP contribution in [0.2, 0.25) is 0 Å². The first-order valence-electron chi connectivity index (χ1n) is 12.4. The van der Waals surface area contributed by atoms with Crippen LogP contribution in [0.1, 0.15) is 29.0 Å². The Morgan fingerprint density at radius 3 is 2.37 bits per heavy atom. The smallest absolute Gasteiger partial charge is 0.433 e. The summed E-state index contributed by atoms with van der Waals surface area (Å²) in [6.45, 7) is 0. The molecular weight excluding hydrogens is 541 g/mol. The first-order chi connectivity index (χ1) is 19.7. The summed E-state index contributed by atoms with van der Waals surface area (Å²) in [6.07, 6.45) is 0.592. The lowest BCUT2D eigenvalue weighted by atomic mass is 10.1. The third kappa shape index (κ3) is 5.90. The van der Waals surface area contributed by atoms with Gasteiger partial charge in [-0.25, -0.2) is 9.97 Å². The van der Waals surface area contributed by atoms with Crippen LogP contribution in [-0.4, -0.2) is 51.1 Å². The average molecular weight is 565 g/mol. The second-order valence-corrected chi connectivity index (χ2v) is 9.04. The number of halogens is 3. The van der Waals surface area contributed by atoms with Crippen LogP contribution in [0.25, 0.3) is 22.5 Å². The number of carbonyl (C=O) groups excluding carboxylic acids is 2. The van der Waals surface area contributed by atoms with E-state index in [1.807, 2.05) is 0 Å². The van der Waals surface area contributed by atoms with Gasteiger partial charge in [0.05, 0.1) is 24.0 Å². The van der Waals surface area contributed by atoms with Gasteiger partial charge in [-0.3, -0.25) is 14.6 Å². The second-order valence-electron chi connectivity index (χ2n) is 9.04. The lowest BCUT2D eigenvalue weighted by Crippen LogP contribution is -2.22. The Morgan fingerprint density at radius 1 is 0.976 bits per heavy atom. The van der Waals surface area contributed by atoms with Gasteiger partial charge in [0.1, 0.15) is 0 Å². The monoisotopic (exact) mass is 564 g/mol. The molecule has 41 heavy (non-hydrogen) atoms. The van der Waals surface area contributed by atoms with Crippen molar-refractivity contribution >= 4 is 29.0 Å². The molecule has 3 heterocycles. The minimum atomic E-state index is -4.64. The van der Waals surface area contributed by atoms with Gasteiger partial charge in [0.25, 0.3) is 5.91 Å². The number of methoxy groups -OCH3 is 1. The van der Waals surface area contributed by atoms with E-state index in [1.54, 1.807) is 18.2 Å². The van der Waals surface area contributed by atoms with Gasteiger partial charge in [0, 0.05) is 48.7 Å². The molecule has 14 heteroatoms. The molecule has 0 bridgehead atoms. The number of rotatable bonds is 8. The minimum Gasteiger partial charge on any atom is -0.494 e. The minimum absolute atomic E-state index is 0.0260. The molecule has 0 radical (unpaired) electrons. The van der Waals surface area contributed by atoms with Gasteiger partial charge in [-0.15, -0.1) is 10.2 Å². The number of ether oxygens (including phenoxy) is 1. The van der Waals surface area contributed by atoms with Crippen molar-refractivity contribution < 1.29 is 27.5 Å². The van der Waals surface area contributed by atoms with E-state index < -0.39 is 17.8 Å². The molecule has 3 aromatic heterocycles. The molecule has 5 rings (SSSR count). The molecule has 2 amide bonds. The first kappa shape index (κ1) is 27.4. The van der Waals surface area contributed by atoms with Crippen molar-refractivity contribution in [1.29, 1.82) is 0 Å². The highest BCUT2D eigenvalue weighted by Crippen LogP contribution is 2.39. The van der Waals surface area contributed by atoms with E-state index in [0.29, 0.717) is 17.0 Å². The van der Waals surface area contributed by atoms with Crippen LogP contribution in [0, 0.1) is 5.92 Å². The van der Waals surface area contributed by atoms with Gasteiger partial charge in [-0.2, -0.15) is 13.2 Å². The highest BCUT2D eigenvalue weighted by Gasteiger charge is 2.35. The van der Waals surface area contributed by atoms with Crippen molar-refractivity contribution in [1.82, 2.24) is 30.5 Å². The lowest BCUT2D eigenvalue weighted by Gasteiger charge is -2.16. The quantitative estimate of drug-likeness (QED) is 0.282. The van der Waals surface area contributed by atoms with Crippen LogP contribution >= 0.6 is 0 Å². The number of anilines is 3. The Morgan fingerprint density at radius 2 is 1.71 bits per heavy atom. The fourth-order valence-electron chi connectivity index (χ4n) is 4.05. The molecule has 0 spiro atoms. The summed E-state index contributed by atoms with van der Waals surface area (Å²) in [7, 11) is 2.87. The third-order valence-corrected chi connectivity index (χ3v) is 6.20. The first-order valence-corrected chi connectivity index (χ1v) is 12.4. The topological polar surface area (TPSA) is 144 Å². The van der Waals surface area contributed by atoms with E-state index in [-0.39, 0.29) is 46.0 Å². The highest BCUT2D eigenvalue weighted by molar-refractivity contribution is 6.00. The number of nitrogens with one attached hydrogen (secondary N) is 3. The van der Waals surface area contributed by atoms with Crippen molar-refractivity contribution in [2.75, 3.05) is 24.8 Å². The number of hydrogen-bond acceptors (Lipinski definition) is 9. The Hall–Kier alpha value is -5.14. The summed E-state index contributed by atoms with van der Waals surface area (Å²) in [5, 5.41) is 16.3. The average Bonchev–Trinajstić information content (AvgIpc) is 3.82. The van der Waals surface area contributed by atoms with Crippen LogP contribution < -0.4 is 20.7 Å². The Balaban J connectivity index is 1.48. The number of nitrogens with zero attached hydrogens (tertiary/aromatic N) is 5. The van der Waals surface area contributed by atoms with Crippen molar-refractivity contribution in [3.63, 3.8) is 0 Å². The molecule has 1 aliphatic rings. The predicted octanol–water partition coefficient (Wildman–Crippen LogP) is 4.47. The number of benzene rings is 1. The summed E-state index contributed by atoms with van der Waals surface area (Å²) in [6, 6.07) is 9.23. The van der Waals surface area contributed by atoms with Gasteiger partial charge in [-0.1, -0.05) is 12.1 Å². The van der Waals surface area contributed by atoms with E-state index in [2.05, 4.69) is 41.1 Å². The molecule has 0 saturated heterocycles. The highest BCUT2D eigenvalue weighted by atomic mass is 19.4. The summed E-state index contributed by atoms with van der Waals surface area (Å²) in [5.74, 6) is -0.105. The van der Waals surface area contributed by atoms with Crippen LogP contribution in [0.5, 0.6) is 5.75 Å². The molecule has 3 N–H and O–H groups in total. The SMILES string of the molecule is CNC(=O)c1nnc(NC(=O)C2CC2)cc1Nc1cccc(-c2ncc(-c3cccnc3C(F)(F)F)cn2)c1OC. The van der Waals surface area contributed by atoms with Gasteiger partial charge >= 0.3 is 6.18 Å². The molecule has 0 aliphatic heterocycles. The summed E-state index contributed by atoms with van der Waals surface area (Å²) >= 11 is 0. The molecule has 0 unspecified atom stereocenters. The van der Waals surface area contributed by atoms with Crippen molar-refractivity contribution in [3.05, 3.63) is 66.4 Å². The summed E-state index contributed by atoms with van der Waals surface area (Å²) in [5.41, 5.74) is 0.00621. The van der Waals surface area contributed by atoms with Crippen LogP contribution in [0.3, 0.4) is 0 Å². The van der Waals surface area contributed by atoms with Gasteiger partial charge < -0.3 is 20.7 Å². The van der Waals surface area contributed by atoms with Crippen molar-refractivity contribution in [3.8, 4) is 28.3 Å². The standard InChI is InChI=1S/C27H23F3N8O3/c1-31-26(40)21-19(11-20(37-38-21)36-25(39)14-8-9-14)35-18-7-3-5-17(22(18)41-2)24-33-12-15(13-34-24)16-6-4-10-32-23(16)27(28,29)30/h3-7,10-14H,8-9H2,1-2H3,(H,31,40)(H2,35,36,37,39). The number of para-hydroxylation sites is 1. The van der Waals surface area contributed by atoms with E-state index in [9.17, 15) is 22.8 Å². The largest absolute Gasteiger partial charge is 0.494 e. The molecule has 1 fully saturated rings. The molecule has 1 saturated carbocycles. The maximum Gasteiger partial charge on any atom is 0.433 e. The molecule has 11 nitrogen and oxygen atoms in total. The van der Waals surface area contributed by atoms with E-state index in [1.165, 1.54) is 44.8 Å². The molecule has 210 valence electrons. The number of hydrogen-bond donors (Lipinski definition) is 3. The normalized spacial score (nSPS) is 12.9. The Bertz CT molecular complexity index is 1610.